The minimum Gasteiger partial charge on any atom is -0.396 e. The van der Waals surface area contributed by atoms with Gasteiger partial charge in [0.1, 0.15) is 0 Å². The maximum Gasteiger partial charge on any atom is 0.247 e. The van der Waals surface area contributed by atoms with Crippen LogP contribution >= 0.6 is 0 Å². The number of amides is 1. The van der Waals surface area contributed by atoms with Crippen molar-refractivity contribution in [1.82, 2.24) is 4.90 Å². The molecule has 3 heteroatoms. The van der Waals surface area contributed by atoms with Crippen molar-refractivity contribution in [3.05, 3.63) is 42.0 Å². The van der Waals surface area contributed by atoms with Gasteiger partial charge >= 0.3 is 0 Å². The summed E-state index contributed by atoms with van der Waals surface area (Å²) < 4.78 is 0. The van der Waals surface area contributed by atoms with E-state index in [1.807, 2.05) is 41.3 Å². The summed E-state index contributed by atoms with van der Waals surface area (Å²) in [4.78, 5) is 14.6. The lowest BCUT2D eigenvalue weighted by Gasteiger charge is -2.34. The lowest BCUT2D eigenvalue weighted by Crippen LogP contribution is -2.41. The second kappa shape index (κ2) is 5.64. The number of fused-ring (bicyclic) bond motifs is 2. The van der Waals surface area contributed by atoms with E-state index in [0.717, 1.165) is 31.2 Å². The number of hydrogen-bond acceptors (Lipinski definition) is 2. The van der Waals surface area contributed by atoms with Gasteiger partial charge in [-0.25, -0.2) is 0 Å². The van der Waals surface area contributed by atoms with Gasteiger partial charge in [0.25, 0.3) is 0 Å². The fourth-order valence-electron chi connectivity index (χ4n) is 4.10. The Morgan fingerprint density at radius 1 is 1.38 bits per heavy atom. The molecule has 0 saturated carbocycles. The fourth-order valence-corrected chi connectivity index (χ4v) is 4.10. The summed E-state index contributed by atoms with van der Waals surface area (Å²) in [6, 6.07) is 10.4. The molecule has 0 aliphatic carbocycles. The zero-order valence-corrected chi connectivity index (χ0v) is 12.5. The van der Waals surface area contributed by atoms with Gasteiger partial charge in [-0.15, -0.1) is 0 Å². The van der Waals surface area contributed by atoms with Gasteiger partial charge in [-0.1, -0.05) is 37.3 Å². The van der Waals surface area contributed by atoms with Crippen molar-refractivity contribution in [3.8, 4) is 0 Å². The fraction of sp³-hybridized carbons (Fsp3) is 0.500. The summed E-state index contributed by atoms with van der Waals surface area (Å²) in [5.41, 5.74) is 0.973. The van der Waals surface area contributed by atoms with Crippen LogP contribution in [0.15, 0.2) is 36.4 Å². The van der Waals surface area contributed by atoms with Gasteiger partial charge in [-0.05, 0) is 37.3 Å². The van der Waals surface area contributed by atoms with Gasteiger partial charge in [0.15, 0.2) is 0 Å². The topological polar surface area (TPSA) is 40.5 Å². The highest BCUT2D eigenvalue weighted by Crippen LogP contribution is 2.51. The van der Waals surface area contributed by atoms with E-state index in [1.54, 1.807) is 6.08 Å². The molecule has 2 aliphatic heterocycles. The molecule has 2 aliphatic rings. The highest BCUT2D eigenvalue weighted by molar-refractivity contribution is 5.92. The number of hydrogen-bond donors (Lipinski definition) is 1. The molecule has 2 bridgehead atoms. The number of benzene rings is 1. The van der Waals surface area contributed by atoms with Gasteiger partial charge in [0.2, 0.25) is 5.91 Å². The van der Waals surface area contributed by atoms with Crippen molar-refractivity contribution in [1.29, 1.82) is 0 Å². The van der Waals surface area contributed by atoms with Gasteiger partial charge in [0.05, 0.1) is 6.61 Å². The Morgan fingerprint density at radius 3 is 2.76 bits per heavy atom. The average molecular weight is 285 g/mol. The van der Waals surface area contributed by atoms with Crippen molar-refractivity contribution in [3.63, 3.8) is 0 Å². The van der Waals surface area contributed by atoms with Crippen molar-refractivity contribution in [2.24, 2.45) is 5.41 Å². The molecule has 3 rings (SSSR count). The number of aliphatic hydroxyl groups is 1. The molecule has 21 heavy (non-hydrogen) atoms. The standard InChI is InChI=1S/C18H23NO2/c1-2-18(13-20)12-15-9-10-16(18)19(15)17(21)11-8-14-6-4-3-5-7-14/h3-8,11,15-16,20H,2,9-10,12-13H2,1H3/t15-,16+,18-/m1/s1. The molecule has 2 fully saturated rings. The van der Waals surface area contributed by atoms with Crippen LogP contribution in [0.2, 0.25) is 0 Å². The second-order valence-electron chi connectivity index (χ2n) is 6.31. The van der Waals surface area contributed by atoms with Crippen LogP contribution in [0.4, 0.5) is 0 Å². The average Bonchev–Trinajstić information content (AvgIpc) is 3.09. The Kier molecular flexibility index (Phi) is 3.85. The van der Waals surface area contributed by atoms with E-state index in [2.05, 4.69) is 6.92 Å². The predicted molar refractivity (Wildman–Crippen MR) is 83.6 cm³/mol. The minimum absolute atomic E-state index is 0.0703. The first-order chi connectivity index (χ1) is 10.2. The monoisotopic (exact) mass is 285 g/mol. The van der Waals surface area contributed by atoms with Crippen molar-refractivity contribution < 1.29 is 9.90 Å². The normalized spacial score (nSPS) is 31.2. The van der Waals surface area contributed by atoms with Crippen LogP contribution in [-0.4, -0.2) is 34.6 Å². The predicted octanol–water partition coefficient (Wildman–Crippen LogP) is 2.85. The largest absolute Gasteiger partial charge is 0.396 e. The highest BCUT2D eigenvalue weighted by Gasteiger charge is 2.55. The van der Waals surface area contributed by atoms with E-state index < -0.39 is 0 Å². The maximum atomic E-state index is 12.6. The van der Waals surface area contributed by atoms with Gasteiger partial charge < -0.3 is 10.0 Å². The Morgan fingerprint density at radius 2 is 2.14 bits per heavy atom. The third-order valence-corrected chi connectivity index (χ3v) is 5.34. The lowest BCUT2D eigenvalue weighted by molar-refractivity contribution is -0.128. The zero-order chi connectivity index (χ0) is 14.9. The van der Waals surface area contributed by atoms with E-state index in [-0.39, 0.29) is 24.0 Å². The molecular formula is C18H23NO2. The van der Waals surface area contributed by atoms with Gasteiger partial charge in [-0.2, -0.15) is 0 Å². The number of carbonyl (C=O) groups excluding carboxylic acids is 1. The molecule has 3 atom stereocenters. The molecule has 2 saturated heterocycles. The molecule has 3 nitrogen and oxygen atoms in total. The maximum absolute atomic E-state index is 12.6. The molecule has 112 valence electrons. The van der Waals surface area contributed by atoms with Crippen molar-refractivity contribution in [2.75, 3.05) is 6.61 Å². The number of carbonyl (C=O) groups is 1. The number of nitrogens with zero attached hydrogens (tertiary/aromatic N) is 1. The first kappa shape index (κ1) is 14.3. The second-order valence-corrected chi connectivity index (χ2v) is 6.31. The van der Waals surface area contributed by atoms with Crippen LogP contribution in [0.25, 0.3) is 6.08 Å². The molecule has 1 amide bonds. The van der Waals surface area contributed by atoms with Crippen LogP contribution in [-0.2, 0) is 4.79 Å². The zero-order valence-electron chi connectivity index (χ0n) is 12.5. The van der Waals surface area contributed by atoms with Gasteiger partial charge in [0, 0.05) is 23.6 Å². The van der Waals surface area contributed by atoms with Crippen LogP contribution < -0.4 is 0 Å². The van der Waals surface area contributed by atoms with Crippen molar-refractivity contribution in [2.45, 2.75) is 44.7 Å². The summed E-state index contributed by atoms with van der Waals surface area (Å²) in [5.74, 6) is 0.0927. The molecule has 0 aromatic heterocycles. The lowest BCUT2D eigenvalue weighted by atomic mass is 9.72. The molecule has 0 unspecified atom stereocenters. The molecule has 0 spiro atoms. The molecule has 2 heterocycles. The Hall–Kier alpha value is -1.61. The first-order valence-corrected chi connectivity index (χ1v) is 7.86. The molecule has 1 aromatic rings. The molecule has 0 radical (unpaired) electrons. The number of aliphatic hydroxyl groups excluding tert-OH is 1. The summed E-state index contributed by atoms with van der Waals surface area (Å²) >= 11 is 0. The molecular weight excluding hydrogens is 262 g/mol. The van der Waals surface area contributed by atoms with E-state index >= 15 is 0 Å². The quantitative estimate of drug-likeness (QED) is 0.864. The SMILES string of the molecule is CC[C@]1(CO)C[C@H]2CC[C@@H]1N2C(=O)C=Cc1ccccc1. The summed E-state index contributed by atoms with van der Waals surface area (Å²) in [6.07, 6.45) is 7.57. The van der Waals surface area contributed by atoms with E-state index in [4.69, 9.17) is 0 Å². The Labute approximate surface area is 126 Å². The third kappa shape index (κ3) is 2.40. The van der Waals surface area contributed by atoms with Gasteiger partial charge in [-0.3, -0.25) is 4.79 Å². The highest BCUT2D eigenvalue weighted by atomic mass is 16.3. The summed E-state index contributed by atoms with van der Waals surface area (Å²) in [5, 5.41) is 9.79. The summed E-state index contributed by atoms with van der Waals surface area (Å²) in [6.45, 7) is 2.32. The summed E-state index contributed by atoms with van der Waals surface area (Å²) in [7, 11) is 0. The van der Waals surface area contributed by atoms with E-state index in [9.17, 15) is 9.90 Å². The van der Waals surface area contributed by atoms with Crippen molar-refractivity contribution >= 4 is 12.0 Å². The van der Waals surface area contributed by atoms with E-state index in [0.29, 0.717) is 6.04 Å². The Bertz CT molecular complexity index is 533. The first-order valence-electron chi connectivity index (χ1n) is 7.86. The smallest absolute Gasteiger partial charge is 0.247 e. The van der Waals surface area contributed by atoms with Crippen LogP contribution in [0, 0.1) is 5.41 Å². The molecule has 1 aromatic carbocycles. The Balaban J connectivity index is 1.76. The van der Waals surface area contributed by atoms with Crippen LogP contribution in [0.1, 0.15) is 38.2 Å². The third-order valence-electron chi connectivity index (χ3n) is 5.34. The van der Waals surface area contributed by atoms with Crippen LogP contribution in [0.5, 0.6) is 0 Å². The number of rotatable bonds is 4. The minimum atomic E-state index is -0.0703. The molecule has 1 N–H and O–H groups in total. The van der Waals surface area contributed by atoms with Crippen LogP contribution in [0.3, 0.4) is 0 Å². The van der Waals surface area contributed by atoms with E-state index in [1.165, 1.54) is 0 Å².